The SMILES string of the molecule is CCc1ccc(C(N)c2ccc(OC)c(Br)c2)cc1CC. The highest BCUT2D eigenvalue weighted by Crippen LogP contribution is 2.30. The molecule has 0 amide bonds. The molecule has 1 atom stereocenters. The standard InChI is InChI=1S/C18H22BrNO/c1-4-12-6-7-14(10-13(12)5-2)18(20)15-8-9-17(21-3)16(19)11-15/h6-11,18H,4-5,20H2,1-3H3. The van der Waals surface area contributed by atoms with Gasteiger partial charge in [-0.3, -0.25) is 0 Å². The quantitative estimate of drug-likeness (QED) is 0.855. The summed E-state index contributed by atoms with van der Waals surface area (Å²) in [6.07, 6.45) is 2.10. The summed E-state index contributed by atoms with van der Waals surface area (Å²) < 4.78 is 6.19. The zero-order chi connectivity index (χ0) is 15.4. The first-order chi connectivity index (χ1) is 10.1. The Labute approximate surface area is 135 Å². The molecule has 3 heteroatoms. The van der Waals surface area contributed by atoms with Crippen LogP contribution in [0.5, 0.6) is 5.75 Å². The van der Waals surface area contributed by atoms with Crippen LogP contribution in [-0.2, 0) is 12.8 Å². The van der Waals surface area contributed by atoms with Crippen molar-refractivity contribution >= 4 is 15.9 Å². The van der Waals surface area contributed by atoms with E-state index in [9.17, 15) is 0 Å². The highest BCUT2D eigenvalue weighted by molar-refractivity contribution is 9.10. The predicted molar refractivity (Wildman–Crippen MR) is 91.9 cm³/mol. The summed E-state index contributed by atoms with van der Waals surface area (Å²) in [4.78, 5) is 0. The summed E-state index contributed by atoms with van der Waals surface area (Å²) in [5, 5.41) is 0. The number of benzene rings is 2. The zero-order valence-electron chi connectivity index (χ0n) is 12.8. The van der Waals surface area contributed by atoms with Gasteiger partial charge >= 0.3 is 0 Å². The van der Waals surface area contributed by atoms with Crippen LogP contribution in [-0.4, -0.2) is 7.11 Å². The van der Waals surface area contributed by atoms with E-state index in [2.05, 4.69) is 48.0 Å². The van der Waals surface area contributed by atoms with Crippen LogP contribution in [0.15, 0.2) is 40.9 Å². The van der Waals surface area contributed by atoms with Gasteiger partial charge < -0.3 is 10.5 Å². The number of nitrogens with two attached hydrogens (primary N) is 1. The lowest BCUT2D eigenvalue weighted by molar-refractivity contribution is 0.412. The van der Waals surface area contributed by atoms with Crippen LogP contribution >= 0.6 is 15.9 Å². The Balaban J connectivity index is 2.35. The smallest absolute Gasteiger partial charge is 0.133 e. The van der Waals surface area contributed by atoms with Gasteiger partial charge in [-0.1, -0.05) is 38.1 Å². The molecule has 0 spiro atoms. The van der Waals surface area contributed by atoms with Gasteiger partial charge in [0.15, 0.2) is 0 Å². The van der Waals surface area contributed by atoms with Crippen molar-refractivity contribution in [3.8, 4) is 5.75 Å². The molecule has 1 unspecified atom stereocenters. The van der Waals surface area contributed by atoms with E-state index in [1.807, 2.05) is 18.2 Å². The molecule has 0 saturated heterocycles. The topological polar surface area (TPSA) is 35.2 Å². The second-order valence-corrected chi connectivity index (χ2v) is 5.96. The van der Waals surface area contributed by atoms with Crippen LogP contribution in [0.1, 0.15) is 42.1 Å². The van der Waals surface area contributed by atoms with E-state index < -0.39 is 0 Å². The summed E-state index contributed by atoms with van der Waals surface area (Å²) in [6.45, 7) is 4.38. The maximum Gasteiger partial charge on any atom is 0.133 e. The van der Waals surface area contributed by atoms with Gasteiger partial charge in [0.1, 0.15) is 5.75 Å². The fraction of sp³-hybridized carbons (Fsp3) is 0.333. The first-order valence-corrected chi connectivity index (χ1v) is 8.10. The molecule has 0 saturated carbocycles. The molecular formula is C18H22BrNO. The van der Waals surface area contributed by atoms with E-state index in [1.165, 1.54) is 11.1 Å². The summed E-state index contributed by atoms with van der Waals surface area (Å²) in [7, 11) is 1.66. The number of hydrogen-bond acceptors (Lipinski definition) is 2. The van der Waals surface area contributed by atoms with Crippen LogP contribution in [0.25, 0.3) is 0 Å². The number of hydrogen-bond donors (Lipinski definition) is 1. The third kappa shape index (κ3) is 3.47. The Morgan fingerprint density at radius 3 is 2.19 bits per heavy atom. The second kappa shape index (κ2) is 7.10. The highest BCUT2D eigenvalue weighted by Gasteiger charge is 2.12. The maximum atomic E-state index is 6.43. The van der Waals surface area contributed by atoms with Gasteiger partial charge in [0.05, 0.1) is 17.6 Å². The maximum absolute atomic E-state index is 6.43. The van der Waals surface area contributed by atoms with Crippen LogP contribution in [0.4, 0.5) is 0 Å². The largest absolute Gasteiger partial charge is 0.496 e. The van der Waals surface area contributed by atoms with Gasteiger partial charge in [-0.05, 0) is 63.2 Å². The summed E-state index contributed by atoms with van der Waals surface area (Å²) in [5.41, 5.74) is 11.5. The predicted octanol–water partition coefficient (Wildman–Crippen LogP) is 4.63. The monoisotopic (exact) mass is 347 g/mol. The molecule has 21 heavy (non-hydrogen) atoms. The molecule has 0 aliphatic heterocycles. The molecule has 2 nitrogen and oxygen atoms in total. The van der Waals surface area contributed by atoms with E-state index in [4.69, 9.17) is 10.5 Å². The minimum Gasteiger partial charge on any atom is -0.496 e. The molecule has 0 radical (unpaired) electrons. The Morgan fingerprint density at radius 2 is 1.62 bits per heavy atom. The van der Waals surface area contributed by atoms with E-state index in [0.29, 0.717) is 0 Å². The summed E-state index contributed by atoms with van der Waals surface area (Å²) >= 11 is 3.52. The molecule has 0 aromatic heterocycles. The Bertz CT molecular complexity index is 625. The molecule has 2 N–H and O–H groups in total. The number of methoxy groups -OCH3 is 1. The summed E-state index contributed by atoms with van der Waals surface area (Å²) in [5.74, 6) is 0.821. The number of rotatable bonds is 5. The highest BCUT2D eigenvalue weighted by atomic mass is 79.9. The lowest BCUT2D eigenvalue weighted by Crippen LogP contribution is -2.12. The van der Waals surface area contributed by atoms with Gasteiger partial charge in [0.25, 0.3) is 0 Å². The second-order valence-electron chi connectivity index (χ2n) is 5.11. The molecule has 2 rings (SSSR count). The third-order valence-electron chi connectivity index (χ3n) is 3.89. The third-order valence-corrected chi connectivity index (χ3v) is 4.51. The van der Waals surface area contributed by atoms with Crippen molar-refractivity contribution in [3.63, 3.8) is 0 Å². The number of ether oxygens (including phenoxy) is 1. The van der Waals surface area contributed by atoms with E-state index >= 15 is 0 Å². The average Bonchev–Trinajstić information content (AvgIpc) is 2.53. The van der Waals surface area contributed by atoms with Crippen molar-refractivity contribution in [1.29, 1.82) is 0 Å². The van der Waals surface area contributed by atoms with Gasteiger partial charge in [0.2, 0.25) is 0 Å². The van der Waals surface area contributed by atoms with Crippen molar-refractivity contribution in [3.05, 3.63) is 63.1 Å². The number of halogens is 1. The minimum atomic E-state index is -0.122. The van der Waals surface area contributed by atoms with Crippen molar-refractivity contribution in [2.24, 2.45) is 5.73 Å². The number of aryl methyl sites for hydroxylation is 2. The van der Waals surface area contributed by atoms with Crippen molar-refractivity contribution < 1.29 is 4.74 Å². The molecular weight excluding hydrogens is 326 g/mol. The first kappa shape index (κ1) is 16.1. The van der Waals surface area contributed by atoms with Gasteiger partial charge in [0, 0.05) is 0 Å². The van der Waals surface area contributed by atoms with E-state index in [1.54, 1.807) is 7.11 Å². The molecule has 0 heterocycles. The molecule has 2 aromatic rings. The first-order valence-electron chi connectivity index (χ1n) is 7.31. The van der Waals surface area contributed by atoms with Crippen LogP contribution in [0, 0.1) is 0 Å². The molecule has 0 aliphatic carbocycles. The fourth-order valence-corrected chi connectivity index (χ4v) is 3.14. The van der Waals surface area contributed by atoms with Crippen molar-refractivity contribution in [2.45, 2.75) is 32.7 Å². The van der Waals surface area contributed by atoms with Gasteiger partial charge in [-0.2, -0.15) is 0 Å². The Morgan fingerprint density at radius 1 is 1.00 bits per heavy atom. The van der Waals surface area contributed by atoms with E-state index in [-0.39, 0.29) is 6.04 Å². The van der Waals surface area contributed by atoms with Crippen molar-refractivity contribution in [2.75, 3.05) is 7.11 Å². The van der Waals surface area contributed by atoms with Crippen LogP contribution in [0.2, 0.25) is 0 Å². The molecule has 0 bridgehead atoms. The normalized spacial score (nSPS) is 12.2. The average molecular weight is 348 g/mol. The van der Waals surface area contributed by atoms with Crippen molar-refractivity contribution in [1.82, 2.24) is 0 Å². The summed E-state index contributed by atoms with van der Waals surface area (Å²) in [6, 6.07) is 12.5. The molecule has 2 aromatic carbocycles. The molecule has 0 fully saturated rings. The molecule has 112 valence electrons. The Kier molecular flexibility index (Phi) is 5.43. The molecule has 0 aliphatic rings. The zero-order valence-corrected chi connectivity index (χ0v) is 14.4. The van der Waals surface area contributed by atoms with E-state index in [0.717, 1.165) is 34.2 Å². The minimum absolute atomic E-state index is 0.122. The van der Waals surface area contributed by atoms with Crippen LogP contribution in [0.3, 0.4) is 0 Å². The van der Waals surface area contributed by atoms with Gasteiger partial charge in [-0.25, -0.2) is 0 Å². The lowest BCUT2D eigenvalue weighted by atomic mass is 9.94. The van der Waals surface area contributed by atoms with Gasteiger partial charge in [-0.15, -0.1) is 0 Å². The Hall–Kier alpha value is -1.32. The lowest BCUT2D eigenvalue weighted by Gasteiger charge is -2.16. The fourth-order valence-electron chi connectivity index (χ4n) is 2.58. The van der Waals surface area contributed by atoms with Crippen LogP contribution < -0.4 is 10.5 Å².